The molecule has 1 aromatic heterocycles. The Bertz CT molecular complexity index is 590. The van der Waals surface area contributed by atoms with Crippen LogP contribution in [0.25, 0.3) is 0 Å². The van der Waals surface area contributed by atoms with Crippen molar-refractivity contribution >= 4 is 17.3 Å². The summed E-state index contributed by atoms with van der Waals surface area (Å²) in [5.41, 5.74) is 3.83. The van der Waals surface area contributed by atoms with Crippen LogP contribution in [0.3, 0.4) is 0 Å². The van der Waals surface area contributed by atoms with E-state index in [4.69, 9.17) is 10.6 Å². The van der Waals surface area contributed by atoms with Gasteiger partial charge < -0.3 is 15.5 Å². The van der Waals surface area contributed by atoms with E-state index >= 15 is 0 Å². The molecule has 2 rings (SSSR count). The van der Waals surface area contributed by atoms with Gasteiger partial charge in [0.25, 0.3) is 0 Å². The number of nitrogens with two attached hydrogens (primary N) is 1. The molecule has 2 aromatic rings. The average molecular weight is 263 g/mol. The minimum atomic E-state index is -0.369. The van der Waals surface area contributed by atoms with Gasteiger partial charge in [0.15, 0.2) is 0 Å². The lowest BCUT2D eigenvalue weighted by Gasteiger charge is -2.13. The summed E-state index contributed by atoms with van der Waals surface area (Å²) in [5, 5.41) is 3.06. The summed E-state index contributed by atoms with van der Waals surface area (Å²) in [6, 6.07) is 4.20. The van der Waals surface area contributed by atoms with Crippen molar-refractivity contribution in [3.8, 4) is 5.75 Å². The van der Waals surface area contributed by atoms with Crippen LogP contribution in [0.5, 0.6) is 5.75 Å². The number of ether oxygens (including phenoxy) is 1. The van der Waals surface area contributed by atoms with Crippen LogP contribution in [0, 0.1) is 12.7 Å². The predicted octanol–water partition coefficient (Wildman–Crippen LogP) is 1.96. The minimum Gasteiger partial charge on any atom is -0.494 e. The third-order valence-electron chi connectivity index (χ3n) is 2.64. The molecule has 1 aromatic carbocycles. The second-order valence-corrected chi connectivity index (χ2v) is 3.81. The first kappa shape index (κ1) is 13.0. The standard InChI is InChI=1S/C12H14FN5O/c1-7-11(15-6-16-12(7)18-14)17-9-4-3-8(13)5-10(9)19-2/h3-6H,14H2,1-2H3,(H2,15,16,17,18). The molecule has 0 unspecified atom stereocenters. The van der Waals surface area contributed by atoms with Crippen LogP contribution in [-0.4, -0.2) is 17.1 Å². The first-order valence-electron chi connectivity index (χ1n) is 5.54. The van der Waals surface area contributed by atoms with Crippen LogP contribution in [0.1, 0.15) is 5.56 Å². The van der Waals surface area contributed by atoms with E-state index in [1.54, 1.807) is 6.07 Å². The van der Waals surface area contributed by atoms with E-state index in [9.17, 15) is 4.39 Å². The van der Waals surface area contributed by atoms with Gasteiger partial charge in [-0.05, 0) is 19.1 Å². The average Bonchev–Trinajstić information content (AvgIpc) is 2.42. The molecule has 0 aliphatic rings. The van der Waals surface area contributed by atoms with Crippen molar-refractivity contribution in [3.05, 3.63) is 35.9 Å². The number of hydrogen-bond acceptors (Lipinski definition) is 6. The number of nitrogen functional groups attached to an aromatic ring is 1. The van der Waals surface area contributed by atoms with Gasteiger partial charge >= 0.3 is 0 Å². The maximum absolute atomic E-state index is 13.1. The Labute approximate surface area is 109 Å². The third kappa shape index (κ3) is 2.71. The summed E-state index contributed by atoms with van der Waals surface area (Å²) in [5.74, 6) is 6.44. The number of nitrogens with zero attached hydrogens (tertiary/aromatic N) is 2. The zero-order chi connectivity index (χ0) is 13.8. The molecule has 19 heavy (non-hydrogen) atoms. The molecule has 0 amide bonds. The van der Waals surface area contributed by atoms with Crippen molar-refractivity contribution in [1.29, 1.82) is 0 Å². The van der Waals surface area contributed by atoms with Crippen molar-refractivity contribution in [2.45, 2.75) is 6.92 Å². The van der Waals surface area contributed by atoms with Crippen molar-refractivity contribution in [3.63, 3.8) is 0 Å². The number of benzene rings is 1. The molecular weight excluding hydrogens is 249 g/mol. The quantitative estimate of drug-likeness (QED) is 0.577. The molecule has 100 valence electrons. The summed E-state index contributed by atoms with van der Waals surface area (Å²) < 4.78 is 18.2. The van der Waals surface area contributed by atoms with E-state index in [-0.39, 0.29) is 5.82 Å². The zero-order valence-corrected chi connectivity index (χ0v) is 10.6. The molecular formula is C12H14FN5O. The summed E-state index contributed by atoms with van der Waals surface area (Å²) in [4.78, 5) is 8.09. The first-order valence-corrected chi connectivity index (χ1v) is 5.54. The SMILES string of the molecule is COc1cc(F)ccc1Nc1ncnc(NN)c1C. The number of aromatic nitrogens is 2. The molecule has 6 nitrogen and oxygen atoms in total. The van der Waals surface area contributed by atoms with Crippen LogP contribution >= 0.6 is 0 Å². The van der Waals surface area contributed by atoms with Crippen molar-refractivity contribution in [2.24, 2.45) is 5.84 Å². The fraction of sp³-hybridized carbons (Fsp3) is 0.167. The van der Waals surface area contributed by atoms with E-state index < -0.39 is 0 Å². The topological polar surface area (TPSA) is 85.1 Å². The number of rotatable bonds is 4. The molecule has 4 N–H and O–H groups in total. The van der Waals surface area contributed by atoms with Gasteiger partial charge in [0.1, 0.15) is 29.5 Å². The third-order valence-corrected chi connectivity index (χ3v) is 2.64. The number of nitrogens with one attached hydrogen (secondary N) is 2. The Morgan fingerprint density at radius 1 is 1.26 bits per heavy atom. The number of hydrogen-bond donors (Lipinski definition) is 3. The zero-order valence-electron chi connectivity index (χ0n) is 10.6. The molecule has 0 bridgehead atoms. The molecule has 0 saturated carbocycles. The number of halogens is 1. The van der Waals surface area contributed by atoms with Crippen molar-refractivity contribution in [2.75, 3.05) is 17.9 Å². The monoisotopic (exact) mass is 263 g/mol. The second kappa shape index (κ2) is 5.49. The van der Waals surface area contributed by atoms with Gasteiger partial charge in [-0.2, -0.15) is 0 Å². The highest BCUT2D eigenvalue weighted by atomic mass is 19.1. The number of hydrazine groups is 1. The highest BCUT2D eigenvalue weighted by molar-refractivity contribution is 5.68. The molecule has 0 fully saturated rings. The summed E-state index contributed by atoms with van der Waals surface area (Å²) in [6.07, 6.45) is 1.38. The van der Waals surface area contributed by atoms with Crippen LogP contribution < -0.4 is 21.3 Å². The fourth-order valence-corrected chi connectivity index (χ4v) is 1.62. The molecule has 0 aliphatic carbocycles. The van der Waals surface area contributed by atoms with E-state index in [1.165, 1.54) is 25.6 Å². The van der Waals surface area contributed by atoms with Gasteiger partial charge in [0, 0.05) is 11.6 Å². The van der Waals surface area contributed by atoms with Gasteiger partial charge in [-0.3, -0.25) is 0 Å². The maximum Gasteiger partial charge on any atom is 0.148 e. The number of methoxy groups -OCH3 is 1. The van der Waals surface area contributed by atoms with Crippen LogP contribution in [0.2, 0.25) is 0 Å². The van der Waals surface area contributed by atoms with Crippen LogP contribution in [-0.2, 0) is 0 Å². The van der Waals surface area contributed by atoms with Crippen molar-refractivity contribution < 1.29 is 9.13 Å². The maximum atomic E-state index is 13.1. The number of anilines is 3. The predicted molar refractivity (Wildman–Crippen MR) is 70.8 cm³/mol. The van der Waals surface area contributed by atoms with E-state index in [2.05, 4.69) is 20.7 Å². The van der Waals surface area contributed by atoms with Gasteiger partial charge in [0.05, 0.1) is 12.8 Å². The molecule has 0 atom stereocenters. The summed E-state index contributed by atoms with van der Waals surface area (Å²) >= 11 is 0. The minimum absolute atomic E-state index is 0.369. The van der Waals surface area contributed by atoms with Gasteiger partial charge in [-0.15, -0.1) is 0 Å². The Kier molecular flexibility index (Phi) is 3.76. The summed E-state index contributed by atoms with van der Waals surface area (Å²) in [6.45, 7) is 1.81. The molecule has 0 radical (unpaired) electrons. The highest BCUT2D eigenvalue weighted by Gasteiger charge is 2.09. The van der Waals surface area contributed by atoms with E-state index in [0.29, 0.717) is 23.1 Å². The lowest BCUT2D eigenvalue weighted by molar-refractivity contribution is 0.413. The second-order valence-electron chi connectivity index (χ2n) is 3.81. The van der Waals surface area contributed by atoms with Crippen LogP contribution in [0.4, 0.5) is 21.7 Å². The Balaban J connectivity index is 2.36. The Morgan fingerprint density at radius 2 is 2.00 bits per heavy atom. The Morgan fingerprint density at radius 3 is 2.68 bits per heavy atom. The molecule has 1 heterocycles. The lowest BCUT2D eigenvalue weighted by atomic mass is 10.2. The Hall–Kier alpha value is -2.41. The molecule has 0 spiro atoms. The highest BCUT2D eigenvalue weighted by Crippen LogP contribution is 2.29. The smallest absolute Gasteiger partial charge is 0.148 e. The van der Waals surface area contributed by atoms with E-state index in [0.717, 1.165) is 5.56 Å². The largest absolute Gasteiger partial charge is 0.494 e. The lowest BCUT2D eigenvalue weighted by Crippen LogP contribution is -2.11. The van der Waals surface area contributed by atoms with Crippen molar-refractivity contribution in [1.82, 2.24) is 9.97 Å². The molecule has 7 heteroatoms. The molecule has 0 aliphatic heterocycles. The normalized spacial score (nSPS) is 10.1. The first-order chi connectivity index (χ1) is 9.15. The van der Waals surface area contributed by atoms with Gasteiger partial charge in [-0.1, -0.05) is 0 Å². The molecule has 0 saturated heterocycles. The van der Waals surface area contributed by atoms with Crippen LogP contribution in [0.15, 0.2) is 24.5 Å². The summed E-state index contributed by atoms with van der Waals surface area (Å²) in [7, 11) is 1.47. The fourth-order valence-electron chi connectivity index (χ4n) is 1.62. The van der Waals surface area contributed by atoms with Gasteiger partial charge in [-0.25, -0.2) is 20.2 Å². The van der Waals surface area contributed by atoms with Gasteiger partial charge in [0.2, 0.25) is 0 Å². The van der Waals surface area contributed by atoms with E-state index in [1.807, 2.05) is 6.92 Å².